The Balaban J connectivity index is 1.67. The zero-order valence-corrected chi connectivity index (χ0v) is 16.8. The van der Waals surface area contributed by atoms with Crippen LogP contribution in [0.15, 0.2) is 66.7 Å². The number of aryl methyl sites for hydroxylation is 2. The van der Waals surface area contributed by atoms with E-state index in [9.17, 15) is 4.79 Å². The minimum Gasteiger partial charge on any atom is -0.310 e. The van der Waals surface area contributed by atoms with Gasteiger partial charge >= 0.3 is 0 Å². The van der Waals surface area contributed by atoms with E-state index < -0.39 is 0 Å². The first-order chi connectivity index (χ1) is 14.0. The highest BCUT2D eigenvalue weighted by molar-refractivity contribution is 5.92. The van der Waals surface area contributed by atoms with Crippen LogP contribution in [-0.2, 0) is 18.3 Å². The Hall–Kier alpha value is -3.67. The average Bonchev–Trinajstić information content (AvgIpc) is 3.25. The molecule has 0 aliphatic heterocycles. The summed E-state index contributed by atoms with van der Waals surface area (Å²) >= 11 is 0. The van der Waals surface area contributed by atoms with Crippen molar-refractivity contribution in [3.63, 3.8) is 0 Å². The number of benzene rings is 2. The van der Waals surface area contributed by atoms with Gasteiger partial charge in [-0.25, -0.2) is 4.68 Å². The smallest absolute Gasteiger partial charge is 0.230 e. The molecule has 2 aromatic carbocycles. The molecular formula is C23H23N5O. The lowest BCUT2D eigenvalue weighted by molar-refractivity contribution is -0.115. The maximum Gasteiger partial charge on any atom is 0.230 e. The number of hydrogen-bond acceptors (Lipinski definition) is 3. The molecule has 0 aliphatic carbocycles. The van der Waals surface area contributed by atoms with Crippen molar-refractivity contribution < 1.29 is 4.79 Å². The third-order valence-corrected chi connectivity index (χ3v) is 5.04. The van der Waals surface area contributed by atoms with Crippen LogP contribution in [0, 0.1) is 13.8 Å². The topological polar surface area (TPSA) is 64.7 Å². The summed E-state index contributed by atoms with van der Waals surface area (Å²) in [5, 5.41) is 12.2. The Morgan fingerprint density at radius 1 is 0.966 bits per heavy atom. The zero-order valence-electron chi connectivity index (χ0n) is 16.8. The molecule has 0 fully saturated rings. The molecule has 0 radical (unpaired) electrons. The summed E-state index contributed by atoms with van der Waals surface area (Å²) in [6.07, 6.45) is 0.270. The van der Waals surface area contributed by atoms with Crippen LogP contribution >= 0.6 is 0 Å². The van der Waals surface area contributed by atoms with E-state index in [1.54, 1.807) is 9.36 Å². The van der Waals surface area contributed by atoms with Gasteiger partial charge in [-0.05, 0) is 26.0 Å². The molecule has 4 rings (SSSR count). The van der Waals surface area contributed by atoms with E-state index in [1.165, 1.54) is 0 Å². The van der Waals surface area contributed by atoms with E-state index in [2.05, 4.69) is 10.4 Å². The Morgan fingerprint density at radius 3 is 2.24 bits per heavy atom. The number of carbonyl (C=O) groups excluding carboxylic acids is 1. The number of para-hydroxylation sites is 1. The Kier molecular flexibility index (Phi) is 4.99. The van der Waals surface area contributed by atoms with Gasteiger partial charge in [0, 0.05) is 29.9 Å². The summed E-state index contributed by atoms with van der Waals surface area (Å²) in [7, 11) is 1.89. The van der Waals surface area contributed by atoms with E-state index in [0.29, 0.717) is 5.82 Å². The van der Waals surface area contributed by atoms with Gasteiger partial charge in [0.25, 0.3) is 0 Å². The molecule has 4 aromatic rings. The quantitative estimate of drug-likeness (QED) is 0.563. The van der Waals surface area contributed by atoms with Crippen LogP contribution in [0.4, 0.5) is 5.82 Å². The first-order valence-corrected chi connectivity index (χ1v) is 9.53. The fourth-order valence-electron chi connectivity index (χ4n) is 3.41. The lowest BCUT2D eigenvalue weighted by atomic mass is 10.1. The molecule has 0 bridgehead atoms. The van der Waals surface area contributed by atoms with Crippen LogP contribution in [0.3, 0.4) is 0 Å². The summed E-state index contributed by atoms with van der Waals surface area (Å²) in [5.74, 6) is 0.542. The maximum atomic E-state index is 12.8. The van der Waals surface area contributed by atoms with Crippen molar-refractivity contribution in [3.05, 3.63) is 83.7 Å². The molecule has 0 saturated heterocycles. The summed E-state index contributed by atoms with van der Waals surface area (Å²) in [4.78, 5) is 12.8. The predicted octanol–water partition coefficient (Wildman–Crippen LogP) is 4.07. The second-order valence-corrected chi connectivity index (χ2v) is 7.03. The molecule has 6 heteroatoms. The fourth-order valence-corrected chi connectivity index (χ4v) is 3.41. The summed E-state index contributed by atoms with van der Waals surface area (Å²) < 4.78 is 3.57. The molecule has 1 amide bonds. The summed E-state index contributed by atoms with van der Waals surface area (Å²) in [6.45, 7) is 3.90. The van der Waals surface area contributed by atoms with Gasteiger partial charge in [-0.2, -0.15) is 10.2 Å². The molecule has 0 unspecified atom stereocenters. The van der Waals surface area contributed by atoms with Gasteiger partial charge in [0.05, 0.1) is 23.5 Å². The number of hydrogen-bond donors (Lipinski definition) is 1. The normalized spacial score (nSPS) is 10.9. The lowest BCUT2D eigenvalue weighted by Crippen LogP contribution is -2.17. The van der Waals surface area contributed by atoms with Gasteiger partial charge in [-0.3, -0.25) is 9.48 Å². The number of nitrogens with zero attached hydrogens (tertiary/aromatic N) is 4. The first kappa shape index (κ1) is 18.7. The van der Waals surface area contributed by atoms with Crippen molar-refractivity contribution in [2.75, 3.05) is 5.32 Å². The largest absolute Gasteiger partial charge is 0.310 e. The minimum absolute atomic E-state index is 0.0964. The van der Waals surface area contributed by atoms with E-state index in [-0.39, 0.29) is 12.3 Å². The number of anilines is 1. The van der Waals surface area contributed by atoms with Crippen LogP contribution < -0.4 is 5.32 Å². The third-order valence-electron chi connectivity index (χ3n) is 5.04. The first-order valence-electron chi connectivity index (χ1n) is 9.53. The summed E-state index contributed by atoms with van der Waals surface area (Å²) in [5.41, 5.74) is 5.52. The van der Waals surface area contributed by atoms with E-state index >= 15 is 0 Å². The number of carbonyl (C=O) groups is 1. The molecule has 0 saturated carbocycles. The Morgan fingerprint density at radius 2 is 1.62 bits per heavy atom. The molecule has 0 aliphatic rings. The van der Waals surface area contributed by atoms with Crippen LogP contribution in [0.1, 0.15) is 17.0 Å². The minimum atomic E-state index is -0.0964. The molecule has 1 N–H and O–H groups in total. The van der Waals surface area contributed by atoms with Gasteiger partial charge in [0.1, 0.15) is 5.82 Å². The van der Waals surface area contributed by atoms with Crippen molar-refractivity contribution in [3.8, 4) is 16.9 Å². The van der Waals surface area contributed by atoms with Crippen LogP contribution in [0.5, 0.6) is 0 Å². The molecular weight excluding hydrogens is 362 g/mol. The Labute approximate surface area is 169 Å². The second kappa shape index (κ2) is 7.75. The van der Waals surface area contributed by atoms with Gasteiger partial charge in [-0.15, -0.1) is 0 Å². The highest BCUT2D eigenvalue weighted by Gasteiger charge is 2.17. The fraction of sp³-hybridized carbons (Fsp3) is 0.174. The van der Waals surface area contributed by atoms with Gasteiger partial charge in [0.2, 0.25) is 5.91 Å². The number of aromatic nitrogens is 4. The second-order valence-electron chi connectivity index (χ2n) is 7.03. The molecule has 2 heterocycles. The van der Waals surface area contributed by atoms with E-state index in [4.69, 9.17) is 5.10 Å². The van der Waals surface area contributed by atoms with E-state index in [1.807, 2.05) is 87.6 Å². The molecule has 0 atom stereocenters. The highest BCUT2D eigenvalue weighted by atomic mass is 16.1. The van der Waals surface area contributed by atoms with Gasteiger partial charge < -0.3 is 5.32 Å². The standard InChI is InChI=1S/C23H23N5O/c1-16-20(17(2)27(3)25-16)14-23(29)24-22-15-21(18-10-6-4-7-11-18)26-28(22)19-12-8-5-9-13-19/h4-13,15H,14H2,1-3H3,(H,24,29). The molecule has 0 spiro atoms. The van der Waals surface area contributed by atoms with Gasteiger partial charge in [0.15, 0.2) is 0 Å². The van der Waals surface area contributed by atoms with Crippen LogP contribution in [0.2, 0.25) is 0 Å². The predicted molar refractivity (Wildman–Crippen MR) is 114 cm³/mol. The van der Waals surface area contributed by atoms with Crippen molar-refractivity contribution in [1.29, 1.82) is 0 Å². The van der Waals surface area contributed by atoms with Gasteiger partial charge in [-0.1, -0.05) is 48.5 Å². The van der Waals surface area contributed by atoms with Crippen LogP contribution in [0.25, 0.3) is 16.9 Å². The maximum absolute atomic E-state index is 12.8. The number of nitrogens with one attached hydrogen (secondary N) is 1. The molecule has 29 heavy (non-hydrogen) atoms. The molecule has 6 nitrogen and oxygen atoms in total. The number of amides is 1. The number of rotatable bonds is 5. The molecule has 146 valence electrons. The molecule has 2 aromatic heterocycles. The average molecular weight is 385 g/mol. The Bertz CT molecular complexity index is 1140. The zero-order chi connectivity index (χ0) is 20.4. The monoisotopic (exact) mass is 385 g/mol. The lowest BCUT2D eigenvalue weighted by Gasteiger charge is -2.09. The highest BCUT2D eigenvalue weighted by Crippen LogP contribution is 2.25. The van der Waals surface area contributed by atoms with Crippen molar-refractivity contribution >= 4 is 11.7 Å². The van der Waals surface area contributed by atoms with E-state index in [0.717, 1.165) is 33.9 Å². The van der Waals surface area contributed by atoms with Crippen molar-refractivity contribution in [2.24, 2.45) is 7.05 Å². The third kappa shape index (κ3) is 3.82. The van der Waals surface area contributed by atoms with Crippen LogP contribution in [-0.4, -0.2) is 25.5 Å². The van der Waals surface area contributed by atoms with Crippen molar-refractivity contribution in [1.82, 2.24) is 19.6 Å². The summed E-state index contributed by atoms with van der Waals surface area (Å²) in [6, 6.07) is 21.6. The SMILES string of the molecule is Cc1nn(C)c(C)c1CC(=O)Nc1cc(-c2ccccc2)nn1-c1ccccc1. The van der Waals surface area contributed by atoms with Crippen molar-refractivity contribution in [2.45, 2.75) is 20.3 Å².